The Balaban J connectivity index is 1.39. The highest BCUT2D eigenvalue weighted by atomic mass is 16.5. The van der Waals surface area contributed by atoms with Crippen LogP contribution in [0.25, 0.3) is 0 Å². The maximum Gasteiger partial charge on any atom is 0.326 e. The van der Waals surface area contributed by atoms with E-state index < -0.39 is 17.9 Å². The SMILES string of the molecule is Cc1cc(C#N)cc(C)c1C(=O)N[C@H](CCOCCCCc1ccc2c(n1)NCCC2)C(=O)O. The molecule has 2 heterocycles. The smallest absolute Gasteiger partial charge is 0.326 e. The lowest BCUT2D eigenvalue weighted by Crippen LogP contribution is -2.42. The maximum absolute atomic E-state index is 12.7. The number of hydrogen-bond acceptors (Lipinski definition) is 6. The Bertz CT molecular complexity index is 1050. The number of fused-ring (bicyclic) bond motifs is 1. The molecule has 1 aliphatic heterocycles. The number of carboxylic acid groups (broad SMARTS) is 1. The third-order valence-corrected chi connectivity index (χ3v) is 5.97. The van der Waals surface area contributed by atoms with Gasteiger partial charge in [0.2, 0.25) is 0 Å². The highest BCUT2D eigenvalue weighted by Crippen LogP contribution is 2.20. The zero-order chi connectivity index (χ0) is 24.5. The number of benzene rings is 1. The first-order valence-corrected chi connectivity index (χ1v) is 11.7. The fourth-order valence-electron chi connectivity index (χ4n) is 4.20. The molecule has 0 saturated carbocycles. The largest absolute Gasteiger partial charge is 0.480 e. The molecule has 8 heteroatoms. The van der Waals surface area contributed by atoms with Crippen molar-refractivity contribution in [2.45, 2.75) is 58.4 Å². The first-order chi connectivity index (χ1) is 16.4. The molecule has 0 fully saturated rings. The Kier molecular flexibility index (Phi) is 9.00. The van der Waals surface area contributed by atoms with Crippen molar-refractivity contribution in [3.05, 3.63) is 57.8 Å². The summed E-state index contributed by atoms with van der Waals surface area (Å²) in [5.74, 6) is -0.555. The Hall–Kier alpha value is -3.44. The van der Waals surface area contributed by atoms with Crippen LogP contribution >= 0.6 is 0 Å². The number of carbonyl (C=O) groups is 2. The van der Waals surface area contributed by atoms with E-state index in [1.54, 1.807) is 26.0 Å². The first-order valence-electron chi connectivity index (χ1n) is 11.7. The molecule has 0 aliphatic carbocycles. The van der Waals surface area contributed by atoms with E-state index in [-0.39, 0.29) is 13.0 Å². The number of carboxylic acids is 1. The van der Waals surface area contributed by atoms with Crippen molar-refractivity contribution in [3.8, 4) is 6.07 Å². The molecule has 0 bridgehead atoms. The summed E-state index contributed by atoms with van der Waals surface area (Å²) in [6, 6.07) is 8.49. The van der Waals surface area contributed by atoms with Gasteiger partial charge in [0.15, 0.2) is 0 Å². The average Bonchev–Trinajstić information content (AvgIpc) is 2.81. The molecular weight excluding hydrogens is 432 g/mol. The van der Waals surface area contributed by atoms with Crippen LogP contribution in [0.5, 0.6) is 0 Å². The maximum atomic E-state index is 12.7. The summed E-state index contributed by atoms with van der Waals surface area (Å²) >= 11 is 0. The molecule has 0 saturated heterocycles. The van der Waals surface area contributed by atoms with Gasteiger partial charge in [0.1, 0.15) is 11.9 Å². The van der Waals surface area contributed by atoms with Gasteiger partial charge in [-0.25, -0.2) is 9.78 Å². The molecule has 1 amide bonds. The van der Waals surface area contributed by atoms with Crippen molar-refractivity contribution >= 4 is 17.7 Å². The van der Waals surface area contributed by atoms with Gasteiger partial charge in [-0.1, -0.05) is 6.07 Å². The van der Waals surface area contributed by atoms with E-state index in [1.165, 1.54) is 5.56 Å². The number of anilines is 1. The van der Waals surface area contributed by atoms with Crippen molar-refractivity contribution in [2.75, 3.05) is 25.1 Å². The van der Waals surface area contributed by atoms with Gasteiger partial charge in [0.05, 0.1) is 11.6 Å². The molecule has 1 aliphatic rings. The van der Waals surface area contributed by atoms with E-state index in [4.69, 9.17) is 15.0 Å². The second kappa shape index (κ2) is 12.1. The number of pyridine rings is 1. The summed E-state index contributed by atoms with van der Waals surface area (Å²) in [7, 11) is 0. The van der Waals surface area contributed by atoms with Crippen LogP contribution in [-0.4, -0.2) is 47.8 Å². The van der Waals surface area contributed by atoms with Crippen molar-refractivity contribution in [2.24, 2.45) is 0 Å². The summed E-state index contributed by atoms with van der Waals surface area (Å²) in [6.45, 7) is 5.21. The number of unbranched alkanes of at least 4 members (excludes halogenated alkanes) is 1. The number of rotatable bonds is 11. The van der Waals surface area contributed by atoms with Gasteiger partial charge in [-0.15, -0.1) is 0 Å². The molecule has 8 nitrogen and oxygen atoms in total. The summed E-state index contributed by atoms with van der Waals surface area (Å²) in [5.41, 5.74) is 4.49. The van der Waals surface area contributed by atoms with Crippen LogP contribution in [0.1, 0.15) is 64.0 Å². The molecule has 0 spiro atoms. The highest BCUT2D eigenvalue weighted by molar-refractivity contribution is 5.99. The highest BCUT2D eigenvalue weighted by Gasteiger charge is 2.22. The first kappa shape index (κ1) is 25.2. The summed E-state index contributed by atoms with van der Waals surface area (Å²) in [4.78, 5) is 29.0. The molecule has 0 unspecified atom stereocenters. The van der Waals surface area contributed by atoms with Crippen LogP contribution < -0.4 is 10.6 Å². The predicted octanol–water partition coefficient (Wildman–Crippen LogP) is 3.54. The van der Waals surface area contributed by atoms with Crippen LogP contribution in [0.15, 0.2) is 24.3 Å². The zero-order valence-electron chi connectivity index (χ0n) is 19.8. The molecule has 3 rings (SSSR count). The van der Waals surface area contributed by atoms with Gasteiger partial charge >= 0.3 is 5.97 Å². The number of ether oxygens (including phenoxy) is 1. The van der Waals surface area contributed by atoms with Crippen LogP contribution in [0.2, 0.25) is 0 Å². The topological polar surface area (TPSA) is 124 Å². The summed E-state index contributed by atoms with van der Waals surface area (Å²) < 4.78 is 5.62. The lowest BCUT2D eigenvalue weighted by atomic mass is 9.98. The average molecular weight is 465 g/mol. The fourth-order valence-corrected chi connectivity index (χ4v) is 4.20. The van der Waals surface area contributed by atoms with E-state index in [1.807, 2.05) is 0 Å². The minimum absolute atomic E-state index is 0.174. The number of aryl methyl sites for hydroxylation is 4. The van der Waals surface area contributed by atoms with E-state index in [2.05, 4.69) is 28.8 Å². The molecule has 3 N–H and O–H groups in total. The van der Waals surface area contributed by atoms with Crippen LogP contribution in [-0.2, 0) is 22.4 Å². The molecular formula is C26H32N4O4. The molecule has 34 heavy (non-hydrogen) atoms. The van der Waals surface area contributed by atoms with Crippen LogP contribution in [0, 0.1) is 25.2 Å². The van der Waals surface area contributed by atoms with Gasteiger partial charge < -0.3 is 20.5 Å². The van der Waals surface area contributed by atoms with Crippen LogP contribution in [0.4, 0.5) is 5.82 Å². The van der Waals surface area contributed by atoms with Crippen molar-refractivity contribution in [3.63, 3.8) is 0 Å². The number of amides is 1. The van der Waals surface area contributed by atoms with Gasteiger partial charge in [-0.3, -0.25) is 4.79 Å². The Labute approximate surface area is 200 Å². The van der Waals surface area contributed by atoms with Crippen molar-refractivity contribution in [1.82, 2.24) is 10.3 Å². The minimum Gasteiger partial charge on any atom is -0.480 e. The minimum atomic E-state index is -1.10. The normalized spacial score (nSPS) is 13.3. The zero-order valence-corrected chi connectivity index (χ0v) is 19.8. The Morgan fingerprint density at radius 3 is 2.71 bits per heavy atom. The molecule has 2 aromatic rings. The molecule has 1 aromatic heterocycles. The van der Waals surface area contributed by atoms with E-state index in [0.29, 0.717) is 28.9 Å². The molecule has 180 valence electrons. The van der Waals surface area contributed by atoms with Crippen molar-refractivity contribution < 1.29 is 19.4 Å². The summed E-state index contributed by atoms with van der Waals surface area (Å²) in [5, 5.41) is 24.5. The van der Waals surface area contributed by atoms with Gasteiger partial charge in [0.25, 0.3) is 5.91 Å². The lowest BCUT2D eigenvalue weighted by Gasteiger charge is -2.17. The Morgan fingerprint density at radius 1 is 1.24 bits per heavy atom. The van der Waals surface area contributed by atoms with E-state index >= 15 is 0 Å². The molecule has 1 aromatic carbocycles. The standard InChI is InChI=1S/C26H32N4O4/c1-17-14-19(16-27)15-18(2)23(17)25(31)30-22(26(32)33)10-13-34-12-4-3-7-21-9-8-20-6-5-11-28-24(20)29-21/h8-9,14-15,22H,3-7,10-13H2,1-2H3,(H,28,29)(H,30,31)(H,32,33)/t22-/m1/s1. The number of nitrogens with zero attached hydrogens (tertiary/aromatic N) is 2. The number of nitrogens with one attached hydrogen (secondary N) is 2. The Morgan fingerprint density at radius 2 is 2.00 bits per heavy atom. The van der Waals surface area contributed by atoms with E-state index in [9.17, 15) is 14.7 Å². The molecule has 1 atom stereocenters. The number of nitriles is 1. The third-order valence-electron chi connectivity index (χ3n) is 5.97. The van der Waals surface area contributed by atoms with Crippen LogP contribution in [0.3, 0.4) is 0 Å². The second-order valence-electron chi connectivity index (χ2n) is 8.66. The van der Waals surface area contributed by atoms with Gasteiger partial charge in [-0.2, -0.15) is 5.26 Å². The lowest BCUT2D eigenvalue weighted by molar-refractivity contribution is -0.139. The van der Waals surface area contributed by atoms with Gasteiger partial charge in [-0.05, 0) is 80.8 Å². The quantitative estimate of drug-likeness (QED) is 0.435. The number of aromatic nitrogens is 1. The molecule has 0 radical (unpaired) electrons. The summed E-state index contributed by atoms with van der Waals surface area (Å²) in [6.07, 6.45) is 5.05. The fraction of sp³-hybridized carbons (Fsp3) is 0.462. The van der Waals surface area contributed by atoms with E-state index in [0.717, 1.165) is 50.2 Å². The number of carbonyl (C=O) groups excluding carboxylic acids is 1. The van der Waals surface area contributed by atoms with Gasteiger partial charge in [0, 0.05) is 37.4 Å². The predicted molar refractivity (Wildman–Crippen MR) is 129 cm³/mol. The number of aliphatic carboxylic acids is 1. The second-order valence-corrected chi connectivity index (χ2v) is 8.66. The number of hydrogen-bond donors (Lipinski definition) is 3. The monoisotopic (exact) mass is 464 g/mol. The third kappa shape index (κ3) is 6.78. The van der Waals surface area contributed by atoms with Crippen molar-refractivity contribution in [1.29, 1.82) is 5.26 Å².